The lowest BCUT2D eigenvalue weighted by Crippen LogP contribution is -2.53. The van der Waals surface area contributed by atoms with Gasteiger partial charge >= 0.3 is 5.97 Å². The van der Waals surface area contributed by atoms with Gasteiger partial charge in [0.15, 0.2) is 5.72 Å². The summed E-state index contributed by atoms with van der Waals surface area (Å²) in [4.78, 5) is 37.2. The van der Waals surface area contributed by atoms with Crippen LogP contribution in [0.3, 0.4) is 0 Å². The number of amides is 2. The summed E-state index contributed by atoms with van der Waals surface area (Å²) in [5, 5.41) is 0. The van der Waals surface area contributed by atoms with E-state index < -0.39 is 23.5 Å². The van der Waals surface area contributed by atoms with Crippen molar-refractivity contribution < 1.29 is 19.1 Å². The standard InChI is InChI=1S/C17H17NO4/c19-14-8-9-15(20)18(14)17(10-4-5-11-17)22-16(21)12-13-6-2-1-3-7-13/h1-3,6-9H,4-5,10-12H2. The molecule has 2 amide bonds. The van der Waals surface area contributed by atoms with E-state index in [4.69, 9.17) is 4.74 Å². The number of carbonyl (C=O) groups excluding carboxylic acids is 3. The zero-order valence-electron chi connectivity index (χ0n) is 12.2. The molecule has 22 heavy (non-hydrogen) atoms. The molecular formula is C17H17NO4. The number of imide groups is 1. The Balaban J connectivity index is 1.76. The Hall–Kier alpha value is -2.43. The van der Waals surface area contributed by atoms with Crippen molar-refractivity contribution in [2.45, 2.75) is 37.8 Å². The van der Waals surface area contributed by atoms with Gasteiger partial charge in [0.05, 0.1) is 6.42 Å². The SMILES string of the molecule is O=C(Cc1ccccc1)OC1(N2C(=O)C=CC2=O)CCCC1. The molecule has 0 saturated heterocycles. The number of benzene rings is 1. The molecule has 1 aliphatic heterocycles. The lowest BCUT2D eigenvalue weighted by atomic mass is 10.1. The van der Waals surface area contributed by atoms with Crippen molar-refractivity contribution >= 4 is 17.8 Å². The maximum absolute atomic E-state index is 12.3. The van der Waals surface area contributed by atoms with Crippen molar-refractivity contribution in [2.24, 2.45) is 0 Å². The van der Waals surface area contributed by atoms with Gasteiger partial charge < -0.3 is 4.74 Å². The van der Waals surface area contributed by atoms with E-state index >= 15 is 0 Å². The minimum absolute atomic E-state index is 0.131. The van der Waals surface area contributed by atoms with E-state index in [0.29, 0.717) is 12.8 Å². The summed E-state index contributed by atoms with van der Waals surface area (Å²) >= 11 is 0. The minimum Gasteiger partial charge on any atom is -0.438 e. The van der Waals surface area contributed by atoms with Gasteiger partial charge in [-0.15, -0.1) is 0 Å². The molecule has 0 unspecified atom stereocenters. The predicted molar refractivity (Wildman–Crippen MR) is 78.4 cm³/mol. The van der Waals surface area contributed by atoms with Gasteiger partial charge in [-0.3, -0.25) is 14.4 Å². The van der Waals surface area contributed by atoms with Crippen LogP contribution >= 0.6 is 0 Å². The second-order valence-corrected chi connectivity index (χ2v) is 5.63. The fourth-order valence-electron chi connectivity index (χ4n) is 3.11. The second-order valence-electron chi connectivity index (χ2n) is 5.63. The van der Waals surface area contributed by atoms with Gasteiger partial charge in [0.1, 0.15) is 0 Å². The molecule has 0 N–H and O–H groups in total. The smallest absolute Gasteiger partial charge is 0.312 e. The average molecular weight is 299 g/mol. The molecule has 114 valence electrons. The summed E-state index contributed by atoms with van der Waals surface area (Å²) in [5.41, 5.74) is -0.262. The summed E-state index contributed by atoms with van der Waals surface area (Å²) in [6.07, 6.45) is 5.26. The Morgan fingerprint density at radius 3 is 2.23 bits per heavy atom. The lowest BCUT2D eigenvalue weighted by molar-refractivity contribution is -0.187. The zero-order chi connectivity index (χ0) is 15.6. The van der Waals surface area contributed by atoms with Gasteiger partial charge in [-0.25, -0.2) is 4.90 Å². The van der Waals surface area contributed by atoms with Gasteiger partial charge in [-0.1, -0.05) is 30.3 Å². The number of hydrogen-bond donors (Lipinski definition) is 0. The van der Waals surface area contributed by atoms with E-state index in [2.05, 4.69) is 0 Å². The van der Waals surface area contributed by atoms with E-state index in [1.54, 1.807) is 0 Å². The summed E-state index contributed by atoms with van der Waals surface area (Å²) in [5.74, 6) is -1.22. The van der Waals surface area contributed by atoms with Crippen molar-refractivity contribution in [2.75, 3.05) is 0 Å². The molecule has 1 fully saturated rings. The Bertz CT molecular complexity index is 611. The molecule has 0 atom stereocenters. The summed E-state index contributed by atoms with van der Waals surface area (Å²) in [6, 6.07) is 9.27. The topological polar surface area (TPSA) is 63.7 Å². The van der Waals surface area contributed by atoms with Crippen molar-refractivity contribution in [3.8, 4) is 0 Å². The third-order valence-electron chi connectivity index (χ3n) is 4.10. The van der Waals surface area contributed by atoms with E-state index in [0.717, 1.165) is 23.3 Å². The van der Waals surface area contributed by atoms with Crippen LogP contribution in [0.25, 0.3) is 0 Å². The van der Waals surface area contributed by atoms with Crippen LogP contribution in [0.15, 0.2) is 42.5 Å². The fraction of sp³-hybridized carbons (Fsp3) is 0.353. The molecule has 3 rings (SSSR count). The van der Waals surface area contributed by atoms with Crippen molar-refractivity contribution in [1.29, 1.82) is 0 Å². The lowest BCUT2D eigenvalue weighted by Gasteiger charge is -2.36. The van der Waals surface area contributed by atoms with E-state index in [-0.39, 0.29) is 6.42 Å². The van der Waals surface area contributed by atoms with Gasteiger partial charge in [0.25, 0.3) is 11.8 Å². The molecule has 1 saturated carbocycles. The summed E-state index contributed by atoms with van der Waals surface area (Å²) in [6.45, 7) is 0. The van der Waals surface area contributed by atoms with Crippen molar-refractivity contribution in [1.82, 2.24) is 4.90 Å². The molecule has 1 aliphatic carbocycles. The van der Waals surface area contributed by atoms with Crippen LogP contribution in [-0.2, 0) is 25.5 Å². The first-order valence-electron chi connectivity index (χ1n) is 7.43. The third kappa shape index (κ3) is 2.66. The number of ether oxygens (including phenoxy) is 1. The van der Waals surface area contributed by atoms with Gasteiger partial charge in [-0.05, 0) is 18.4 Å². The quantitative estimate of drug-likeness (QED) is 0.630. The first kappa shape index (κ1) is 14.5. The summed E-state index contributed by atoms with van der Waals surface area (Å²) in [7, 11) is 0. The zero-order valence-corrected chi connectivity index (χ0v) is 12.2. The highest BCUT2D eigenvalue weighted by atomic mass is 16.6. The molecule has 5 nitrogen and oxygen atoms in total. The van der Waals surface area contributed by atoms with Crippen LogP contribution in [-0.4, -0.2) is 28.4 Å². The molecule has 1 aromatic carbocycles. The Morgan fingerprint density at radius 2 is 1.64 bits per heavy atom. The Labute approximate surface area is 128 Å². The average Bonchev–Trinajstić information content (AvgIpc) is 3.07. The first-order valence-corrected chi connectivity index (χ1v) is 7.43. The van der Waals surface area contributed by atoms with Gasteiger partial charge in [-0.2, -0.15) is 0 Å². The van der Waals surface area contributed by atoms with Crippen LogP contribution in [0.4, 0.5) is 0 Å². The molecule has 5 heteroatoms. The van der Waals surface area contributed by atoms with Crippen LogP contribution in [0.1, 0.15) is 31.2 Å². The molecule has 0 aromatic heterocycles. The van der Waals surface area contributed by atoms with Crippen LogP contribution in [0, 0.1) is 0 Å². The summed E-state index contributed by atoms with van der Waals surface area (Å²) < 4.78 is 5.63. The molecule has 1 heterocycles. The largest absolute Gasteiger partial charge is 0.438 e. The van der Waals surface area contributed by atoms with E-state index in [9.17, 15) is 14.4 Å². The first-order chi connectivity index (χ1) is 10.6. The predicted octanol–water partition coefficient (Wildman–Crippen LogP) is 1.97. The van der Waals surface area contributed by atoms with Crippen LogP contribution in [0.2, 0.25) is 0 Å². The van der Waals surface area contributed by atoms with Gasteiger partial charge in [0.2, 0.25) is 0 Å². The highest BCUT2D eigenvalue weighted by molar-refractivity contribution is 6.13. The van der Waals surface area contributed by atoms with Crippen molar-refractivity contribution in [3.05, 3.63) is 48.0 Å². The number of rotatable bonds is 4. The minimum atomic E-state index is -1.11. The van der Waals surface area contributed by atoms with E-state index in [1.807, 2.05) is 30.3 Å². The number of esters is 1. The molecule has 1 aromatic rings. The highest BCUT2D eigenvalue weighted by Gasteiger charge is 2.49. The number of nitrogens with zero attached hydrogens (tertiary/aromatic N) is 1. The Morgan fingerprint density at radius 1 is 1.05 bits per heavy atom. The van der Waals surface area contributed by atoms with Crippen LogP contribution < -0.4 is 0 Å². The third-order valence-corrected chi connectivity index (χ3v) is 4.10. The number of carbonyl (C=O) groups is 3. The highest BCUT2D eigenvalue weighted by Crippen LogP contribution is 2.38. The normalized spacial score (nSPS) is 19.7. The molecule has 0 spiro atoms. The second kappa shape index (κ2) is 5.75. The van der Waals surface area contributed by atoms with Gasteiger partial charge in [0, 0.05) is 25.0 Å². The number of hydrogen-bond acceptors (Lipinski definition) is 4. The molecule has 0 bridgehead atoms. The fourth-order valence-corrected chi connectivity index (χ4v) is 3.11. The maximum Gasteiger partial charge on any atom is 0.312 e. The Kier molecular flexibility index (Phi) is 3.79. The van der Waals surface area contributed by atoms with Crippen molar-refractivity contribution in [3.63, 3.8) is 0 Å². The molecule has 2 aliphatic rings. The molecule has 0 radical (unpaired) electrons. The monoisotopic (exact) mass is 299 g/mol. The van der Waals surface area contributed by atoms with E-state index in [1.165, 1.54) is 12.2 Å². The molecular weight excluding hydrogens is 282 g/mol. The maximum atomic E-state index is 12.3. The van der Waals surface area contributed by atoms with Crippen LogP contribution in [0.5, 0.6) is 0 Å².